The van der Waals surface area contributed by atoms with E-state index in [2.05, 4.69) is 9.97 Å². The van der Waals surface area contributed by atoms with E-state index in [0.29, 0.717) is 17.9 Å². The molecular weight excluding hydrogens is 259 g/mol. The van der Waals surface area contributed by atoms with Crippen molar-refractivity contribution in [3.8, 4) is 0 Å². The highest BCUT2D eigenvalue weighted by Crippen LogP contribution is 2.18. The fourth-order valence-corrected chi connectivity index (χ4v) is 1.95. The molecule has 0 aliphatic heterocycles. The molecule has 4 nitrogen and oxygen atoms in total. The normalized spacial score (nSPS) is 10.8. The zero-order valence-electron chi connectivity index (χ0n) is 11.3. The van der Waals surface area contributed by atoms with Crippen molar-refractivity contribution < 1.29 is 14.3 Å². The van der Waals surface area contributed by atoms with E-state index in [0.717, 1.165) is 5.56 Å². The maximum Gasteiger partial charge on any atom is 0.339 e. The number of nitrogens with zero attached hydrogens (tertiary/aromatic N) is 2. The number of hydrogen-bond acceptors (Lipinski definition) is 3. The van der Waals surface area contributed by atoms with Crippen molar-refractivity contribution in [3.63, 3.8) is 0 Å². The molecule has 0 saturated carbocycles. The standard InChI is InChI=1S/C15H15FN2O2/c1-9(2)14-12(15(19)20)8-17-13(18-14)7-10-4-3-5-11(16)6-10/h3-6,8-9H,7H2,1-2H3,(H,19,20). The summed E-state index contributed by atoms with van der Waals surface area (Å²) in [6.45, 7) is 3.75. The number of benzene rings is 1. The van der Waals surface area contributed by atoms with Gasteiger partial charge in [-0.2, -0.15) is 0 Å². The second-order valence-electron chi connectivity index (χ2n) is 4.85. The second-order valence-corrected chi connectivity index (χ2v) is 4.85. The molecular formula is C15H15FN2O2. The monoisotopic (exact) mass is 274 g/mol. The molecule has 5 heteroatoms. The number of halogens is 1. The van der Waals surface area contributed by atoms with Gasteiger partial charge >= 0.3 is 5.97 Å². The first kappa shape index (κ1) is 14.1. The number of aromatic nitrogens is 2. The van der Waals surface area contributed by atoms with E-state index in [4.69, 9.17) is 5.11 Å². The molecule has 1 aromatic heterocycles. The Labute approximate surface area is 116 Å². The summed E-state index contributed by atoms with van der Waals surface area (Å²) >= 11 is 0. The minimum Gasteiger partial charge on any atom is -0.478 e. The third-order valence-corrected chi connectivity index (χ3v) is 2.90. The predicted octanol–water partition coefficient (Wildman–Crippen LogP) is 3.03. The van der Waals surface area contributed by atoms with Gasteiger partial charge in [-0.15, -0.1) is 0 Å². The molecule has 0 saturated heterocycles. The van der Waals surface area contributed by atoms with Crippen LogP contribution in [-0.4, -0.2) is 21.0 Å². The number of hydrogen-bond donors (Lipinski definition) is 1. The second kappa shape index (κ2) is 5.77. The maximum atomic E-state index is 13.1. The van der Waals surface area contributed by atoms with Crippen LogP contribution in [-0.2, 0) is 6.42 Å². The van der Waals surface area contributed by atoms with Crippen LogP contribution in [0.5, 0.6) is 0 Å². The van der Waals surface area contributed by atoms with Gasteiger partial charge in [0.1, 0.15) is 11.6 Å². The molecule has 0 atom stereocenters. The lowest BCUT2D eigenvalue weighted by Crippen LogP contribution is -2.10. The summed E-state index contributed by atoms with van der Waals surface area (Å²) < 4.78 is 13.1. The first-order valence-electron chi connectivity index (χ1n) is 6.31. The number of aromatic carboxylic acids is 1. The third-order valence-electron chi connectivity index (χ3n) is 2.90. The lowest BCUT2D eigenvalue weighted by atomic mass is 10.0. The summed E-state index contributed by atoms with van der Waals surface area (Å²) in [7, 11) is 0. The molecule has 1 heterocycles. The van der Waals surface area contributed by atoms with Crippen molar-refractivity contribution in [3.05, 3.63) is 58.9 Å². The SMILES string of the molecule is CC(C)c1nc(Cc2cccc(F)c2)ncc1C(=O)O. The van der Waals surface area contributed by atoms with Gasteiger partial charge in [0, 0.05) is 12.6 Å². The Balaban J connectivity index is 2.34. The van der Waals surface area contributed by atoms with Crippen LogP contribution in [0.1, 0.15) is 47.2 Å². The summed E-state index contributed by atoms with van der Waals surface area (Å²) in [5, 5.41) is 9.10. The van der Waals surface area contributed by atoms with E-state index in [1.54, 1.807) is 12.1 Å². The van der Waals surface area contributed by atoms with Gasteiger partial charge in [-0.3, -0.25) is 0 Å². The van der Waals surface area contributed by atoms with Crippen LogP contribution < -0.4 is 0 Å². The fraction of sp³-hybridized carbons (Fsp3) is 0.267. The summed E-state index contributed by atoms with van der Waals surface area (Å²) in [5.74, 6) is -0.876. The third kappa shape index (κ3) is 3.17. The van der Waals surface area contributed by atoms with Crippen LogP contribution in [0.3, 0.4) is 0 Å². The van der Waals surface area contributed by atoms with Gasteiger partial charge in [0.15, 0.2) is 0 Å². The summed E-state index contributed by atoms with van der Waals surface area (Å²) in [4.78, 5) is 19.5. The van der Waals surface area contributed by atoms with Gasteiger partial charge in [-0.05, 0) is 23.6 Å². The van der Waals surface area contributed by atoms with Crippen LogP contribution in [0.25, 0.3) is 0 Å². The highest BCUT2D eigenvalue weighted by atomic mass is 19.1. The minimum absolute atomic E-state index is 0.0182. The molecule has 20 heavy (non-hydrogen) atoms. The first-order valence-corrected chi connectivity index (χ1v) is 6.31. The lowest BCUT2D eigenvalue weighted by Gasteiger charge is -2.10. The predicted molar refractivity (Wildman–Crippen MR) is 72.3 cm³/mol. The average molecular weight is 274 g/mol. The zero-order valence-corrected chi connectivity index (χ0v) is 11.3. The molecule has 1 aromatic carbocycles. The van der Waals surface area contributed by atoms with Gasteiger partial charge in [-0.1, -0.05) is 26.0 Å². The molecule has 2 aromatic rings. The van der Waals surface area contributed by atoms with E-state index in [-0.39, 0.29) is 17.3 Å². The molecule has 0 fully saturated rings. The smallest absolute Gasteiger partial charge is 0.339 e. The van der Waals surface area contributed by atoms with Crippen molar-refractivity contribution in [2.45, 2.75) is 26.2 Å². The largest absolute Gasteiger partial charge is 0.478 e. The molecule has 2 rings (SSSR count). The molecule has 0 amide bonds. The molecule has 0 aliphatic rings. The van der Waals surface area contributed by atoms with Gasteiger partial charge in [0.25, 0.3) is 0 Å². The number of rotatable bonds is 4. The summed E-state index contributed by atoms with van der Waals surface area (Å²) in [5.41, 5.74) is 1.37. The molecule has 104 valence electrons. The van der Waals surface area contributed by atoms with Gasteiger partial charge < -0.3 is 5.11 Å². The van der Waals surface area contributed by atoms with Crippen molar-refractivity contribution in [2.24, 2.45) is 0 Å². The average Bonchev–Trinajstić information content (AvgIpc) is 2.38. The quantitative estimate of drug-likeness (QED) is 0.930. The van der Waals surface area contributed by atoms with Crippen LogP contribution in [0.15, 0.2) is 30.5 Å². The van der Waals surface area contributed by atoms with Crippen molar-refractivity contribution >= 4 is 5.97 Å². The Kier molecular flexibility index (Phi) is 4.08. The van der Waals surface area contributed by atoms with Crippen LogP contribution >= 0.6 is 0 Å². The summed E-state index contributed by atoms with van der Waals surface area (Å²) in [6, 6.07) is 6.20. The van der Waals surface area contributed by atoms with Crippen LogP contribution in [0, 0.1) is 5.82 Å². The minimum atomic E-state index is -1.04. The van der Waals surface area contributed by atoms with Crippen molar-refractivity contribution in [1.29, 1.82) is 0 Å². The Hall–Kier alpha value is -2.30. The molecule has 0 unspecified atom stereocenters. The number of carboxylic acid groups (broad SMARTS) is 1. The molecule has 0 spiro atoms. The van der Waals surface area contributed by atoms with E-state index in [9.17, 15) is 9.18 Å². The topological polar surface area (TPSA) is 63.1 Å². The fourth-order valence-electron chi connectivity index (χ4n) is 1.95. The van der Waals surface area contributed by atoms with E-state index in [1.807, 2.05) is 13.8 Å². The van der Waals surface area contributed by atoms with Crippen molar-refractivity contribution in [1.82, 2.24) is 9.97 Å². The van der Waals surface area contributed by atoms with Gasteiger partial charge in [0.05, 0.1) is 11.3 Å². The van der Waals surface area contributed by atoms with E-state index >= 15 is 0 Å². The molecule has 1 N–H and O–H groups in total. The summed E-state index contributed by atoms with van der Waals surface area (Å²) in [6.07, 6.45) is 1.69. The number of carbonyl (C=O) groups is 1. The molecule has 0 aliphatic carbocycles. The van der Waals surface area contributed by atoms with Gasteiger partial charge in [-0.25, -0.2) is 19.2 Å². The van der Waals surface area contributed by atoms with Crippen molar-refractivity contribution in [2.75, 3.05) is 0 Å². The van der Waals surface area contributed by atoms with Crippen LogP contribution in [0.2, 0.25) is 0 Å². The highest BCUT2D eigenvalue weighted by Gasteiger charge is 2.16. The van der Waals surface area contributed by atoms with Crippen LogP contribution in [0.4, 0.5) is 4.39 Å². The lowest BCUT2D eigenvalue weighted by molar-refractivity contribution is 0.0694. The Morgan fingerprint density at radius 2 is 2.15 bits per heavy atom. The zero-order chi connectivity index (χ0) is 14.7. The Bertz CT molecular complexity index is 642. The first-order chi connectivity index (χ1) is 9.47. The van der Waals surface area contributed by atoms with E-state index < -0.39 is 5.97 Å². The highest BCUT2D eigenvalue weighted by molar-refractivity contribution is 5.88. The molecule has 0 radical (unpaired) electrons. The maximum absolute atomic E-state index is 13.1. The Morgan fingerprint density at radius 1 is 1.40 bits per heavy atom. The molecule has 0 bridgehead atoms. The Morgan fingerprint density at radius 3 is 2.75 bits per heavy atom. The van der Waals surface area contributed by atoms with Gasteiger partial charge in [0.2, 0.25) is 0 Å². The number of carboxylic acids is 1. The van der Waals surface area contributed by atoms with E-state index in [1.165, 1.54) is 18.3 Å².